The molecule has 1 saturated heterocycles. The fourth-order valence-corrected chi connectivity index (χ4v) is 3.98. The summed E-state index contributed by atoms with van der Waals surface area (Å²) in [5.41, 5.74) is 1.06. The van der Waals surface area contributed by atoms with Crippen molar-refractivity contribution < 1.29 is 14.2 Å². The molecule has 0 atom stereocenters. The van der Waals surface area contributed by atoms with Crippen molar-refractivity contribution in [1.29, 1.82) is 0 Å². The molecule has 1 aromatic carbocycles. The molecule has 0 unspecified atom stereocenters. The minimum Gasteiger partial charge on any atom is -0.490 e. The Labute approximate surface area is 158 Å². The lowest BCUT2D eigenvalue weighted by Crippen LogP contribution is -2.24. The molecule has 0 N–H and O–H groups in total. The van der Waals surface area contributed by atoms with E-state index in [-0.39, 0.29) is 6.29 Å². The normalized spacial score (nSPS) is 29.8. The first kappa shape index (κ1) is 19.4. The Balaban J connectivity index is 1.37. The van der Waals surface area contributed by atoms with Crippen LogP contribution in [0, 0.1) is 17.8 Å². The summed E-state index contributed by atoms with van der Waals surface area (Å²) in [5.74, 6) is 3.09. The molecule has 1 aromatic rings. The zero-order valence-electron chi connectivity index (χ0n) is 16.4. The van der Waals surface area contributed by atoms with E-state index in [1.807, 2.05) is 24.3 Å². The number of hydrogen-bond acceptors (Lipinski definition) is 3. The van der Waals surface area contributed by atoms with Crippen molar-refractivity contribution in [3.05, 3.63) is 42.0 Å². The van der Waals surface area contributed by atoms with Gasteiger partial charge in [0.05, 0.1) is 13.2 Å². The maximum atomic E-state index is 5.85. The second-order valence-electron chi connectivity index (χ2n) is 7.98. The van der Waals surface area contributed by atoms with E-state index in [1.165, 1.54) is 38.5 Å². The van der Waals surface area contributed by atoms with E-state index < -0.39 is 0 Å². The van der Waals surface area contributed by atoms with Crippen molar-refractivity contribution >= 4 is 0 Å². The van der Waals surface area contributed by atoms with E-state index in [1.54, 1.807) is 0 Å². The van der Waals surface area contributed by atoms with Gasteiger partial charge >= 0.3 is 0 Å². The Hall–Kier alpha value is -1.32. The van der Waals surface area contributed by atoms with Crippen LogP contribution in [-0.2, 0) is 9.47 Å². The van der Waals surface area contributed by atoms with Crippen LogP contribution < -0.4 is 4.74 Å². The van der Waals surface area contributed by atoms with Crippen molar-refractivity contribution in [1.82, 2.24) is 0 Å². The molecule has 2 fully saturated rings. The predicted octanol–water partition coefficient (Wildman–Crippen LogP) is 5.91. The predicted molar refractivity (Wildman–Crippen MR) is 105 cm³/mol. The summed E-state index contributed by atoms with van der Waals surface area (Å²) in [4.78, 5) is 0. The van der Waals surface area contributed by atoms with Gasteiger partial charge in [-0.15, -0.1) is 0 Å². The minimum absolute atomic E-state index is 0.233. The van der Waals surface area contributed by atoms with Gasteiger partial charge in [-0.1, -0.05) is 51.0 Å². The van der Waals surface area contributed by atoms with Gasteiger partial charge in [0.15, 0.2) is 6.29 Å². The number of hydrogen-bond donors (Lipinski definition) is 0. The Bertz CT molecular complexity index is 535. The number of ether oxygens (including phenoxy) is 3. The fourth-order valence-electron chi connectivity index (χ4n) is 3.98. The molecule has 0 radical (unpaired) electrons. The zero-order valence-corrected chi connectivity index (χ0v) is 16.4. The quantitative estimate of drug-likeness (QED) is 0.567. The molecule has 3 nitrogen and oxygen atoms in total. The lowest BCUT2D eigenvalue weighted by atomic mass is 9.80. The lowest BCUT2D eigenvalue weighted by molar-refractivity contribution is -0.202. The maximum absolute atomic E-state index is 5.85. The molecule has 0 spiro atoms. The average Bonchev–Trinajstić information content (AvgIpc) is 2.68. The molecular formula is C23H34O3. The van der Waals surface area contributed by atoms with Crippen molar-refractivity contribution in [3.63, 3.8) is 0 Å². The van der Waals surface area contributed by atoms with Gasteiger partial charge in [-0.05, 0) is 49.7 Å². The topological polar surface area (TPSA) is 27.7 Å². The summed E-state index contributed by atoms with van der Waals surface area (Å²) in [6, 6.07) is 8.08. The summed E-state index contributed by atoms with van der Waals surface area (Å²) in [6.07, 6.45) is 12.5. The van der Waals surface area contributed by atoms with Crippen LogP contribution in [0.25, 0.3) is 0 Å². The van der Waals surface area contributed by atoms with E-state index in [2.05, 4.69) is 26.0 Å². The highest BCUT2D eigenvalue weighted by Crippen LogP contribution is 2.32. The lowest BCUT2D eigenvalue weighted by Gasteiger charge is -2.27. The van der Waals surface area contributed by atoms with E-state index in [0.717, 1.165) is 36.4 Å². The molecule has 2 aliphatic rings. The molecule has 1 saturated carbocycles. The first-order valence-corrected chi connectivity index (χ1v) is 10.4. The second kappa shape index (κ2) is 10.1. The number of rotatable bonds is 7. The SMILES string of the molecule is CCCC1CCC(/C=C/COc2ccc(C3OCC(C)CO3)cc2)CC1. The Morgan fingerprint density at radius 1 is 1.04 bits per heavy atom. The van der Waals surface area contributed by atoms with E-state index >= 15 is 0 Å². The molecular weight excluding hydrogens is 324 g/mol. The summed E-state index contributed by atoms with van der Waals surface area (Å²) in [7, 11) is 0. The number of benzene rings is 1. The van der Waals surface area contributed by atoms with Gasteiger partial charge in [0, 0.05) is 11.5 Å². The molecule has 3 heteroatoms. The minimum atomic E-state index is -0.233. The van der Waals surface area contributed by atoms with Crippen LogP contribution in [-0.4, -0.2) is 19.8 Å². The summed E-state index contributed by atoms with van der Waals surface area (Å²) >= 11 is 0. The third kappa shape index (κ3) is 5.85. The van der Waals surface area contributed by atoms with Gasteiger partial charge in [-0.2, -0.15) is 0 Å². The summed E-state index contributed by atoms with van der Waals surface area (Å²) < 4.78 is 17.3. The van der Waals surface area contributed by atoms with Gasteiger partial charge in [0.25, 0.3) is 0 Å². The third-order valence-electron chi connectivity index (χ3n) is 5.56. The second-order valence-corrected chi connectivity index (χ2v) is 7.98. The molecule has 26 heavy (non-hydrogen) atoms. The fraction of sp³-hybridized carbons (Fsp3) is 0.652. The van der Waals surface area contributed by atoms with Gasteiger partial charge in [0.1, 0.15) is 12.4 Å². The zero-order chi connectivity index (χ0) is 18.2. The van der Waals surface area contributed by atoms with Crippen LogP contribution in [0.15, 0.2) is 36.4 Å². The average molecular weight is 359 g/mol. The van der Waals surface area contributed by atoms with E-state index in [0.29, 0.717) is 12.5 Å². The molecule has 1 aliphatic carbocycles. The van der Waals surface area contributed by atoms with Crippen molar-refractivity contribution in [2.45, 2.75) is 58.7 Å². The molecule has 1 heterocycles. The van der Waals surface area contributed by atoms with Gasteiger partial charge < -0.3 is 14.2 Å². The monoisotopic (exact) mass is 358 g/mol. The highest BCUT2D eigenvalue weighted by Gasteiger charge is 2.21. The standard InChI is InChI=1S/C23H34O3/c1-3-5-19-7-9-20(10-8-19)6-4-15-24-22-13-11-21(12-14-22)23-25-16-18(2)17-26-23/h4,6,11-14,18-20,23H,3,5,7-10,15-17H2,1-2H3/b6-4+. The van der Waals surface area contributed by atoms with Gasteiger partial charge in [-0.25, -0.2) is 0 Å². The highest BCUT2D eigenvalue weighted by atomic mass is 16.7. The van der Waals surface area contributed by atoms with Crippen LogP contribution in [0.1, 0.15) is 64.2 Å². The highest BCUT2D eigenvalue weighted by molar-refractivity contribution is 5.28. The first-order chi connectivity index (χ1) is 12.7. The van der Waals surface area contributed by atoms with Crippen molar-refractivity contribution in [2.75, 3.05) is 19.8 Å². The Morgan fingerprint density at radius 2 is 1.73 bits per heavy atom. The molecule has 0 bridgehead atoms. The maximum Gasteiger partial charge on any atom is 0.183 e. The molecule has 1 aliphatic heterocycles. The molecule has 0 amide bonds. The number of allylic oxidation sites excluding steroid dienone is 1. The van der Waals surface area contributed by atoms with Crippen LogP contribution in [0.2, 0.25) is 0 Å². The summed E-state index contributed by atoms with van der Waals surface area (Å²) in [5, 5.41) is 0. The van der Waals surface area contributed by atoms with Gasteiger partial charge in [-0.3, -0.25) is 0 Å². The van der Waals surface area contributed by atoms with E-state index in [4.69, 9.17) is 14.2 Å². The van der Waals surface area contributed by atoms with Crippen LogP contribution >= 0.6 is 0 Å². The molecule has 0 aromatic heterocycles. The Morgan fingerprint density at radius 3 is 2.38 bits per heavy atom. The molecule has 144 valence electrons. The largest absolute Gasteiger partial charge is 0.490 e. The Kier molecular flexibility index (Phi) is 7.57. The van der Waals surface area contributed by atoms with Crippen LogP contribution in [0.3, 0.4) is 0 Å². The molecule has 3 rings (SSSR count). The van der Waals surface area contributed by atoms with Gasteiger partial charge in [0.2, 0.25) is 0 Å². The van der Waals surface area contributed by atoms with Crippen LogP contribution in [0.4, 0.5) is 0 Å². The smallest absolute Gasteiger partial charge is 0.183 e. The van der Waals surface area contributed by atoms with Crippen molar-refractivity contribution in [3.8, 4) is 5.75 Å². The van der Waals surface area contributed by atoms with Crippen LogP contribution in [0.5, 0.6) is 5.75 Å². The van der Waals surface area contributed by atoms with E-state index in [9.17, 15) is 0 Å². The summed E-state index contributed by atoms with van der Waals surface area (Å²) in [6.45, 7) is 6.59. The first-order valence-electron chi connectivity index (χ1n) is 10.4. The third-order valence-corrected chi connectivity index (χ3v) is 5.56. The van der Waals surface area contributed by atoms with Crippen molar-refractivity contribution in [2.24, 2.45) is 17.8 Å².